The van der Waals surface area contributed by atoms with Crippen molar-refractivity contribution in [2.45, 2.75) is 0 Å². The number of rotatable bonds is 5. The minimum Gasteiger partial charge on any atom is -0.422 e. The molecule has 4 rings (SSSR count). The number of hydrogen-bond donors (Lipinski definition) is 2. The largest absolute Gasteiger partial charge is 0.422 e. The highest BCUT2D eigenvalue weighted by atomic mass is 35.5. The quantitative estimate of drug-likeness (QED) is 0.125. The van der Waals surface area contributed by atoms with Gasteiger partial charge in [0.2, 0.25) is 0 Å². The lowest BCUT2D eigenvalue weighted by atomic mass is 10.0. The monoisotopic (exact) mass is 459 g/mol. The summed E-state index contributed by atoms with van der Waals surface area (Å²) in [5.41, 5.74) is 4.70. The average Bonchev–Trinajstić information content (AvgIpc) is 2.81. The number of halogens is 1. The van der Waals surface area contributed by atoms with Gasteiger partial charge in [-0.3, -0.25) is 5.43 Å². The number of fused-ring (bicyclic) bond motifs is 1. The fourth-order valence-corrected chi connectivity index (χ4v) is 3.38. The van der Waals surface area contributed by atoms with E-state index in [1.54, 1.807) is 36.5 Å². The predicted molar refractivity (Wildman–Crippen MR) is 134 cm³/mol. The summed E-state index contributed by atoms with van der Waals surface area (Å²) in [6.45, 7) is 0. The van der Waals surface area contributed by atoms with E-state index < -0.39 is 5.97 Å². The van der Waals surface area contributed by atoms with Crippen molar-refractivity contribution in [3.63, 3.8) is 0 Å². The maximum atomic E-state index is 12.6. The first-order valence-corrected chi connectivity index (χ1v) is 10.5. The summed E-state index contributed by atoms with van der Waals surface area (Å²) in [6, 6.07) is 27.5. The first kappa shape index (κ1) is 21.5. The molecule has 0 aliphatic carbocycles. The Balaban J connectivity index is 1.57. The van der Waals surface area contributed by atoms with E-state index in [1.165, 1.54) is 0 Å². The van der Waals surface area contributed by atoms with Crippen LogP contribution in [0.25, 0.3) is 10.8 Å². The molecule has 0 unspecified atom stereocenters. The molecule has 0 amide bonds. The zero-order valence-corrected chi connectivity index (χ0v) is 18.4. The van der Waals surface area contributed by atoms with Crippen molar-refractivity contribution in [1.29, 1.82) is 0 Å². The van der Waals surface area contributed by atoms with E-state index in [1.807, 2.05) is 60.7 Å². The van der Waals surface area contributed by atoms with Gasteiger partial charge in [-0.05, 0) is 65.5 Å². The molecule has 0 heterocycles. The summed E-state index contributed by atoms with van der Waals surface area (Å²) < 4.78 is 5.68. The van der Waals surface area contributed by atoms with Crippen LogP contribution in [0, 0.1) is 0 Å². The van der Waals surface area contributed by atoms with Gasteiger partial charge in [-0.15, -0.1) is 0 Å². The van der Waals surface area contributed by atoms with E-state index in [2.05, 4.69) is 15.8 Å². The Morgan fingerprint density at radius 1 is 0.906 bits per heavy atom. The van der Waals surface area contributed by atoms with Gasteiger partial charge < -0.3 is 10.1 Å². The first-order valence-electron chi connectivity index (χ1n) is 9.75. The smallest absolute Gasteiger partial charge is 0.343 e. The number of para-hydroxylation sites is 1. The number of esters is 1. The molecule has 0 bridgehead atoms. The summed E-state index contributed by atoms with van der Waals surface area (Å²) >= 11 is 11.2. The van der Waals surface area contributed by atoms with Gasteiger partial charge in [-0.25, -0.2) is 4.79 Å². The number of benzene rings is 4. The van der Waals surface area contributed by atoms with Gasteiger partial charge in [-0.2, -0.15) is 5.10 Å². The second kappa shape index (κ2) is 10.0. The molecule has 0 aliphatic heterocycles. The van der Waals surface area contributed by atoms with Crippen LogP contribution in [-0.2, 0) is 0 Å². The summed E-state index contributed by atoms with van der Waals surface area (Å²) in [4.78, 5) is 12.6. The maximum Gasteiger partial charge on any atom is 0.343 e. The van der Waals surface area contributed by atoms with E-state index in [-0.39, 0.29) is 0 Å². The number of anilines is 1. The molecule has 0 saturated heterocycles. The Hall–Kier alpha value is -3.74. The van der Waals surface area contributed by atoms with Crippen molar-refractivity contribution >= 4 is 57.6 Å². The van der Waals surface area contributed by atoms with Gasteiger partial charge in [0.25, 0.3) is 0 Å². The molecule has 2 N–H and O–H groups in total. The second-order valence-electron chi connectivity index (χ2n) is 6.79. The molecule has 0 fully saturated rings. The number of ether oxygens (including phenoxy) is 1. The van der Waals surface area contributed by atoms with Crippen LogP contribution in [-0.4, -0.2) is 17.3 Å². The molecular formula is C25H18ClN3O2S. The van der Waals surface area contributed by atoms with Crippen molar-refractivity contribution in [3.05, 3.63) is 107 Å². The molecule has 0 radical (unpaired) electrons. The van der Waals surface area contributed by atoms with Gasteiger partial charge in [0.1, 0.15) is 5.75 Å². The van der Waals surface area contributed by atoms with Crippen molar-refractivity contribution in [1.82, 2.24) is 5.43 Å². The van der Waals surface area contributed by atoms with Gasteiger partial charge in [0.05, 0.1) is 11.8 Å². The molecule has 5 nitrogen and oxygen atoms in total. The molecule has 32 heavy (non-hydrogen) atoms. The van der Waals surface area contributed by atoms with E-state index in [0.29, 0.717) is 27.0 Å². The number of carbonyl (C=O) groups is 1. The van der Waals surface area contributed by atoms with Gasteiger partial charge in [0.15, 0.2) is 5.11 Å². The van der Waals surface area contributed by atoms with Crippen LogP contribution in [0.15, 0.2) is 96.1 Å². The molecule has 0 spiro atoms. The van der Waals surface area contributed by atoms with E-state index in [9.17, 15) is 4.79 Å². The zero-order valence-electron chi connectivity index (χ0n) is 16.8. The van der Waals surface area contributed by atoms with E-state index >= 15 is 0 Å². The van der Waals surface area contributed by atoms with Gasteiger partial charge in [0, 0.05) is 16.3 Å². The lowest BCUT2D eigenvalue weighted by Crippen LogP contribution is -2.23. The SMILES string of the molecule is O=C(Oc1ccc2ccccc2c1/C=N/NC(=S)Nc1ccccc1)c1ccc(Cl)cc1. The number of nitrogens with zero attached hydrogens (tertiary/aromatic N) is 1. The minimum atomic E-state index is -0.485. The lowest BCUT2D eigenvalue weighted by Gasteiger charge is -2.11. The van der Waals surface area contributed by atoms with Crippen molar-refractivity contribution < 1.29 is 9.53 Å². The number of hydrazone groups is 1. The molecule has 158 valence electrons. The Bertz CT molecular complexity index is 1290. The summed E-state index contributed by atoms with van der Waals surface area (Å²) in [6.07, 6.45) is 1.59. The highest BCUT2D eigenvalue weighted by molar-refractivity contribution is 7.80. The molecule has 0 aromatic heterocycles. The third-order valence-electron chi connectivity index (χ3n) is 4.60. The maximum absolute atomic E-state index is 12.6. The highest BCUT2D eigenvalue weighted by Gasteiger charge is 2.13. The topological polar surface area (TPSA) is 62.7 Å². The van der Waals surface area contributed by atoms with E-state index in [0.717, 1.165) is 16.5 Å². The second-order valence-corrected chi connectivity index (χ2v) is 7.63. The van der Waals surface area contributed by atoms with Crippen LogP contribution in [0.1, 0.15) is 15.9 Å². The van der Waals surface area contributed by atoms with Crippen LogP contribution in [0.4, 0.5) is 5.69 Å². The molecule has 7 heteroatoms. The molecule has 0 saturated carbocycles. The minimum absolute atomic E-state index is 0.340. The summed E-state index contributed by atoms with van der Waals surface area (Å²) in [5.74, 6) is -0.100. The Morgan fingerprint density at radius 3 is 2.41 bits per heavy atom. The Morgan fingerprint density at radius 2 is 1.62 bits per heavy atom. The summed E-state index contributed by atoms with van der Waals surface area (Å²) in [7, 11) is 0. The third-order valence-corrected chi connectivity index (χ3v) is 5.05. The Kier molecular flexibility index (Phi) is 6.75. The molecule has 0 aliphatic rings. The number of thiocarbonyl (C=S) groups is 1. The number of nitrogens with one attached hydrogen (secondary N) is 2. The first-order chi connectivity index (χ1) is 15.6. The lowest BCUT2D eigenvalue weighted by molar-refractivity contribution is 0.0735. The molecule has 4 aromatic carbocycles. The summed E-state index contributed by atoms with van der Waals surface area (Å²) in [5, 5.41) is 10.1. The van der Waals surface area contributed by atoms with Crippen LogP contribution >= 0.6 is 23.8 Å². The average molecular weight is 460 g/mol. The van der Waals surface area contributed by atoms with E-state index in [4.69, 9.17) is 28.6 Å². The normalized spacial score (nSPS) is 10.8. The van der Waals surface area contributed by atoms with Crippen LogP contribution in [0.5, 0.6) is 5.75 Å². The predicted octanol–water partition coefficient (Wildman–Crippen LogP) is 6.03. The Labute approximate surface area is 195 Å². The number of carbonyl (C=O) groups excluding carboxylic acids is 1. The van der Waals surface area contributed by atoms with Crippen LogP contribution in [0.2, 0.25) is 5.02 Å². The molecule has 0 atom stereocenters. The highest BCUT2D eigenvalue weighted by Crippen LogP contribution is 2.27. The number of hydrogen-bond acceptors (Lipinski definition) is 4. The van der Waals surface area contributed by atoms with Crippen LogP contribution in [0.3, 0.4) is 0 Å². The van der Waals surface area contributed by atoms with Gasteiger partial charge in [-0.1, -0.05) is 60.1 Å². The zero-order chi connectivity index (χ0) is 22.3. The van der Waals surface area contributed by atoms with Crippen LogP contribution < -0.4 is 15.5 Å². The molecule has 4 aromatic rings. The third kappa shape index (κ3) is 5.29. The molecular weight excluding hydrogens is 442 g/mol. The fourth-order valence-electron chi connectivity index (χ4n) is 3.08. The van der Waals surface area contributed by atoms with Crippen molar-refractivity contribution in [2.24, 2.45) is 5.10 Å². The standard InChI is InChI=1S/C25H18ClN3O2S/c26-19-13-10-18(11-14-19)24(30)31-23-15-12-17-6-4-5-9-21(17)22(23)16-27-29-25(32)28-20-7-2-1-3-8-20/h1-16H,(H2,28,29,32)/b27-16+. The van der Waals surface area contributed by atoms with Crippen molar-refractivity contribution in [3.8, 4) is 5.75 Å². The van der Waals surface area contributed by atoms with Gasteiger partial charge >= 0.3 is 5.97 Å². The fraction of sp³-hybridized carbons (Fsp3) is 0. The van der Waals surface area contributed by atoms with Crippen molar-refractivity contribution in [2.75, 3.05) is 5.32 Å².